The van der Waals surface area contributed by atoms with Gasteiger partial charge in [-0.2, -0.15) is 0 Å². The molecule has 3 fully saturated rings. The van der Waals surface area contributed by atoms with Gasteiger partial charge >= 0.3 is 11.9 Å². The maximum atomic E-state index is 12.5. The molecule has 7 aromatic carbocycles. The first-order chi connectivity index (χ1) is 44.9. The summed E-state index contributed by atoms with van der Waals surface area (Å²) in [4.78, 5) is 81.5. The lowest BCUT2D eigenvalue weighted by Crippen LogP contribution is -2.35. The van der Waals surface area contributed by atoms with Crippen molar-refractivity contribution in [2.45, 2.75) is 77.5 Å². The number of carbonyl (C=O) groups is 6. The number of esters is 2. The molecule has 2 heterocycles. The molecule has 4 amide bonds. The van der Waals surface area contributed by atoms with Gasteiger partial charge in [0.1, 0.15) is 36.3 Å². The van der Waals surface area contributed by atoms with Crippen LogP contribution in [0.25, 0.3) is 21.7 Å². The Morgan fingerprint density at radius 2 is 1.26 bits per heavy atom. The smallest absolute Gasteiger partial charge is 0.313 e. The standard InChI is InChI=1S/C25H26ClN3O5.C24H23NO5.C22H21N3O4/c1-2-33-24(31)25(14-21(25)23(30)28-32)13-17-5-9-20(10-6-17)34-16-22-27-11-12-29(22)15-18-3-7-19(26)8-4-18;1-30-23(28)24(14-20(24)22(27)25-29)13-16-7-9-21(26)19(12-16)11-15-6-8-17-4-2-3-5-18(17)10-15;1-13-9-14(17-7-2-3-8-19(17)24-13)12-29-16-6-4-5-15(10-16)22(21(23)27)11-18(22)20(26)25-28/h3-12,21,32H,2,13-16H2,1H3,(H,28,30);2-10,12,20,26,29H,11,13-14H2,1H3,(H,25,27);2-10,18,28H,11-12H2,1H3,(H2,23,27)(H,25,26)/t21-,25+;20-,24+;18-,22-/m110/s1. The van der Waals surface area contributed by atoms with Gasteiger partial charge in [0.05, 0.1) is 53.2 Å². The lowest BCUT2D eigenvalue weighted by molar-refractivity contribution is -0.152. The van der Waals surface area contributed by atoms with Gasteiger partial charge < -0.3 is 34.4 Å². The second-order valence-electron chi connectivity index (χ2n) is 23.5. The number of phenols is 1. The van der Waals surface area contributed by atoms with Crippen molar-refractivity contribution in [2.24, 2.45) is 34.3 Å². The average molecular weight is 1280 g/mol. The van der Waals surface area contributed by atoms with Gasteiger partial charge in [0.2, 0.25) is 23.6 Å². The van der Waals surface area contributed by atoms with Crippen molar-refractivity contribution in [3.8, 4) is 17.2 Å². The predicted octanol–water partition coefficient (Wildman–Crippen LogP) is 9.52. The SMILES string of the molecule is CCOC(=O)[C@@]1(Cc2ccc(OCc3nccn3Cc3ccc(Cl)cc3)cc2)C[C@@H]1C(=O)NO.COC(=O)[C@@]1(Cc2ccc(O)c(Cc3ccc4ccccc4c3)c2)C[C@@H]1C(=O)NO.Cc1cc(COc2cccc([C@@]3(C(N)=O)C[C@H]3C(=O)NO)c2)c2ccccc2n1. The molecule has 3 saturated carbocycles. The van der Waals surface area contributed by atoms with E-state index < -0.39 is 69.6 Å². The Labute approximate surface area is 540 Å². The fourth-order valence-corrected chi connectivity index (χ4v) is 12.4. The summed E-state index contributed by atoms with van der Waals surface area (Å²) in [6.07, 6.45) is 5.72. The van der Waals surface area contributed by atoms with Gasteiger partial charge in [-0.15, -0.1) is 0 Å². The quantitative estimate of drug-likeness (QED) is 0.0178. The van der Waals surface area contributed by atoms with E-state index in [0.717, 1.165) is 66.6 Å². The number of aryl methyl sites for hydroxylation is 1. The van der Waals surface area contributed by atoms with Crippen LogP contribution in [0.4, 0.5) is 0 Å². The number of halogens is 1. The number of hydrogen-bond acceptors (Lipinski definition) is 16. The van der Waals surface area contributed by atoms with E-state index in [1.807, 2.05) is 121 Å². The van der Waals surface area contributed by atoms with Crippen molar-refractivity contribution in [1.82, 2.24) is 31.0 Å². The number of amides is 4. The number of ether oxygens (including phenoxy) is 4. The van der Waals surface area contributed by atoms with Crippen LogP contribution in [0.3, 0.4) is 0 Å². The number of nitrogens with one attached hydrogen (secondary N) is 3. The molecule has 0 bridgehead atoms. The van der Waals surface area contributed by atoms with E-state index in [4.69, 9.17) is 51.9 Å². The summed E-state index contributed by atoms with van der Waals surface area (Å²) in [5.41, 5.74) is 15.4. The molecule has 2 aromatic heterocycles. The highest BCUT2D eigenvalue weighted by atomic mass is 35.5. The molecule has 12 rings (SSSR count). The second kappa shape index (κ2) is 28.5. The van der Waals surface area contributed by atoms with Crippen LogP contribution in [0.5, 0.6) is 17.2 Å². The van der Waals surface area contributed by atoms with E-state index in [0.29, 0.717) is 73.9 Å². The molecule has 22 heteroatoms. The summed E-state index contributed by atoms with van der Waals surface area (Å²) >= 11 is 5.96. The van der Waals surface area contributed by atoms with Crippen LogP contribution in [0.2, 0.25) is 5.02 Å². The normalized spacial score (nSPS) is 19.7. The molecule has 480 valence electrons. The van der Waals surface area contributed by atoms with Gasteiger partial charge in [-0.3, -0.25) is 49.4 Å². The summed E-state index contributed by atoms with van der Waals surface area (Å²) in [6, 6.07) is 51.4. The molecule has 21 nitrogen and oxygen atoms in total. The van der Waals surface area contributed by atoms with Crippen LogP contribution in [0, 0.1) is 35.5 Å². The summed E-state index contributed by atoms with van der Waals surface area (Å²) in [5.74, 6) is -2.99. The van der Waals surface area contributed by atoms with Gasteiger partial charge in [0, 0.05) is 47.0 Å². The number of fused-ring (bicyclic) bond motifs is 2. The Hall–Kier alpha value is -10.2. The summed E-state index contributed by atoms with van der Waals surface area (Å²) in [7, 11) is 1.29. The molecule has 0 radical (unpaired) electrons. The monoisotopic (exact) mass is 1280 g/mol. The van der Waals surface area contributed by atoms with Crippen molar-refractivity contribution < 1.29 is 68.4 Å². The van der Waals surface area contributed by atoms with E-state index in [1.165, 1.54) is 7.11 Å². The molecule has 0 unspecified atom stereocenters. The molecular formula is C71H70ClN7O14. The average Bonchev–Trinajstić information content (AvgIpc) is 1.58. The lowest BCUT2D eigenvalue weighted by atomic mass is 9.91. The number of para-hydroxylation sites is 1. The molecule has 3 aliphatic carbocycles. The number of nitrogens with two attached hydrogens (primary N) is 1. The van der Waals surface area contributed by atoms with E-state index >= 15 is 0 Å². The maximum absolute atomic E-state index is 12.5. The highest BCUT2D eigenvalue weighted by Crippen LogP contribution is 2.57. The number of hydrogen-bond donors (Lipinski definition) is 8. The minimum atomic E-state index is -1.12. The molecule has 0 aliphatic heterocycles. The summed E-state index contributed by atoms with van der Waals surface area (Å²) in [6.45, 7) is 5.18. The number of hydroxylamine groups is 3. The first-order valence-electron chi connectivity index (χ1n) is 30.1. The minimum Gasteiger partial charge on any atom is -0.508 e. The van der Waals surface area contributed by atoms with Crippen LogP contribution in [0.15, 0.2) is 176 Å². The Morgan fingerprint density at radius 3 is 1.95 bits per heavy atom. The number of rotatable bonds is 22. The van der Waals surface area contributed by atoms with Gasteiger partial charge in [0.25, 0.3) is 0 Å². The number of nitrogens with zero attached hydrogens (tertiary/aromatic N) is 3. The van der Waals surface area contributed by atoms with Crippen molar-refractivity contribution in [2.75, 3.05) is 13.7 Å². The number of benzene rings is 7. The first kappa shape index (κ1) is 65.8. The van der Waals surface area contributed by atoms with Gasteiger partial charge in [-0.05, 0) is 145 Å². The molecule has 6 atom stereocenters. The van der Waals surface area contributed by atoms with E-state index in [1.54, 1.807) is 66.0 Å². The summed E-state index contributed by atoms with van der Waals surface area (Å²) < 4.78 is 24.0. The Bertz CT molecular complexity index is 4240. The lowest BCUT2D eigenvalue weighted by Gasteiger charge is -2.16. The van der Waals surface area contributed by atoms with Crippen LogP contribution in [-0.4, -0.2) is 84.5 Å². The van der Waals surface area contributed by atoms with Crippen molar-refractivity contribution in [3.05, 3.63) is 232 Å². The maximum Gasteiger partial charge on any atom is 0.313 e. The van der Waals surface area contributed by atoms with Gasteiger partial charge in [-0.25, -0.2) is 21.4 Å². The van der Waals surface area contributed by atoms with Gasteiger partial charge in [0.15, 0.2) is 0 Å². The largest absolute Gasteiger partial charge is 0.508 e. The zero-order valence-corrected chi connectivity index (χ0v) is 52.0. The summed E-state index contributed by atoms with van der Waals surface area (Å²) in [5, 5.41) is 41.2. The van der Waals surface area contributed by atoms with Crippen molar-refractivity contribution in [1.29, 1.82) is 0 Å². The highest BCUT2D eigenvalue weighted by molar-refractivity contribution is 6.30. The van der Waals surface area contributed by atoms with Crippen LogP contribution in [0.1, 0.15) is 76.6 Å². The third kappa shape index (κ3) is 14.8. The number of aromatic nitrogens is 3. The first-order valence-corrected chi connectivity index (χ1v) is 30.5. The topological polar surface area (TPSA) is 313 Å². The molecule has 0 saturated heterocycles. The Balaban J connectivity index is 0.000000153. The number of imidazole rings is 1. The fraction of sp³-hybridized carbons (Fsp3) is 0.268. The third-order valence-corrected chi connectivity index (χ3v) is 17.8. The highest BCUT2D eigenvalue weighted by Gasteiger charge is 2.66. The fourth-order valence-electron chi connectivity index (χ4n) is 12.3. The number of aromatic hydroxyl groups is 1. The van der Waals surface area contributed by atoms with Crippen LogP contribution >= 0.6 is 11.6 Å². The van der Waals surface area contributed by atoms with E-state index in [9.17, 15) is 33.9 Å². The second-order valence-corrected chi connectivity index (χ2v) is 24.0. The molecule has 9 aromatic rings. The Kier molecular flexibility index (Phi) is 20.2. The number of phenolic OH excluding ortho intramolecular Hbond substituents is 1. The molecular weight excluding hydrogens is 1210 g/mol. The van der Waals surface area contributed by atoms with Crippen LogP contribution in [-0.2, 0) is 82.7 Å². The minimum absolute atomic E-state index is 0.180. The molecule has 3 aliphatic rings. The van der Waals surface area contributed by atoms with Crippen LogP contribution < -0.4 is 31.6 Å². The van der Waals surface area contributed by atoms with Gasteiger partial charge in [-0.1, -0.05) is 121 Å². The van der Waals surface area contributed by atoms with Crippen molar-refractivity contribution >= 4 is 68.8 Å². The molecule has 9 N–H and O–H groups in total. The number of carbonyl (C=O) groups excluding carboxylic acids is 6. The van der Waals surface area contributed by atoms with E-state index in [-0.39, 0.29) is 18.8 Å². The zero-order valence-electron chi connectivity index (χ0n) is 51.2. The Morgan fingerprint density at radius 1 is 0.634 bits per heavy atom. The predicted molar refractivity (Wildman–Crippen MR) is 342 cm³/mol. The number of pyridine rings is 1. The van der Waals surface area contributed by atoms with Crippen molar-refractivity contribution in [3.63, 3.8) is 0 Å². The number of methoxy groups -OCH3 is 1. The number of primary amides is 1. The van der Waals surface area contributed by atoms with E-state index in [2.05, 4.69) is 34.2 Å². The third-order valence-electron chi connectivity index (χ3n) is 17.5. The molecule has 0 spiro atoms. The zero-order chi connectivity index (χ0) is 66.0. The molecule has 93 heavy (non-hydrogen) atoms.